The minimum absolute atomic E-state index is 0.124. The summed E-state index contributed by atoms with van der Waals surface area (Å²) in [6.45, 7) is 2.22. The van der Waals surface area contributed by atoms with Crippen molar-refractivity contribution < 1.29 is 4.79 Å². The molecule has 0 saturated heterocycles. The number of amides is 1. The van der Waals surface area contributed by atoms with Crippen molar-refractivity contribution in [1.82, 2.24) is 5.32 Å². The Kier molecular flexibility index (Phi) is 5.26. The Morgan fingerprint density at radius 3 is 2.55 bits per heavy atom. The SMILES string of the molecule is CC1CCC(NC(=O)c2cc(Br)sc2Br)(C(N)=S)CC1. The molecule has 110 valence electrons. The van der Waals surface area contributed by atoms with E-state index >= 15 is 0 Å². The number of rotatable bonds is 3. The van der Waals surface area contributed by atoms with Gasteiger partial charge in [0.05, 0.1) is 23.7 Å². The highest BCUT2D eigenvalue weighted by atomic mass is 79.9. The molecule has 0 aliphatic heterocycles. The number of carbonyl (C=O) groups is 1. The van der Waals surface area contributed by atoms with Crippen molar-refractivity contribution in [3.05, 3.63) is 19.2 Å². The number of carbonyl (C=O) groups excluding carboxylic acids is 1. The molecule has 0 unspecified atom stereocenters. The maximum absolute atomic E-state index is 12.5. The summed E-state index contributed by atoms with van der Waals surface area (Å²) in [4.78, 5) is 12.9. The molecular weight excluding hydrogens is 424 g/mol. The predicted molar refractivity (Wildman–Crippen MR) is 94.3 cm³/mol. The summed E-state index contributed by atoms with van der Waals surface area (Å²) < 4.78 is 1.72. The lowest BCUT2D eigenvalue weighted by molar-refractivity contribution is 0.0900. The molecule has 0 bridgehead atoms. The Morgan fingerprint density at radius 2 is 2.10 bits per heavy atom. The average molecular weight is 440 g/mol. The first-order valence-electron chi connectivity index (χ1n) is 6.41. The van der Waals surface area contributed by atoms with Crippen LogP contribution in [0.15, 0.2) is 13.6 Å². The molecule has 0 radical (unpaired) electrons. The second-order valence-electron chi connectivity index (χ2n) is 5.32. The molecule has 20 heavy (non-hydrogen) atoms. The maximum Gasteiger partial charge on any atom is 0.254 e. The summed E-state index contributed by atoms with van der Waals surface area (Å²) in [5, 5.41) is 3.07. The van der Waals surface area contributed by atoms with Gasteiger partial charge in [-0.2, -0.15) is 0 Å². The van der Waals surface area contributed by atoms with Gasteiger partial charge in [-0.15, -0.1) is 11.3 Å². The lowest BCUT2D eigenvalue weighted by Gasteiger charge is -2.39. The fraction of sp³-hybridized carbons (Fsp3) is 0.538. The summed E-state index contributed by atoms with van der Waals surface area (Å²) >= 11 is 13.5. The van der Waals surface area contributed by atoms with E-state index in [1.807, 2.05) is 6.07 Å². The molecule has 1 heterocycles. The van der Waals surface area contributed by atoms with Crippen molar-refractivity contribution in [3.63, 3.8) is 0 Å². The molecule has 1 aromatic heterocycles. The monoisotopic (exact) mass is 438 g/mol. The summed E-state index contributed by atoms with van der Waals surface area (Å²) in [5.41, 5.74) is 6.00. The van der Waals surface area contributed by atoms with Gasteiger partial charge in [0.25, 0.3) is 5.91 Å². The number of nitrogens with two attached hydrogens (primary N) is 1. The molecule has 1 aromatic rings. The van der Waals surface area contributed by atoms with Crippen LogP contribution < -0.4 is 11.1 Å². The normalized spacial score (nSPS) is 26.2. The van der Waals surface area contributed by atoms with Gasteiger partial charge in [0.2, 0.25) is 0 Å². The molecule has 1 amide bonds. The quantitative estimate of drug-likeness (QED) is 0.692. The molecule has 0 aromatic carbocycles. The predicted octanol–water partition coefficient (Wildman–Crippen LogP) is 4.24. The lowest BCUT2D eigenvalue weighted by atomic mass is 9.77. The molecule has 0 atom stereocenters. The Labute approximate surface area is 144 Å². The van der Waals surface area contributed by atoms with Crippen molar-refractivity contribution in [1.29, 1.82) is 0 Å². The van der Waals surface area contributed by atoms with Crippen LogP contribution in [0.2, 0.25) is 0 Å². The van der Waals surface area contributed by atoms with Crippen LogP contribution in [-0.4, -0.2) is 16.4 Å². The second kappa shape index (κ2) is 6.42. The van der Waals surface area contributed by atoms with Crippen molar-refractivity contribution in [2.45, 2.75) is 38.1 Å². The van der Waals surface area contributed by atoms with E-state index in [2.05, 4.69) is 44.1 Å². The van der Waals surface area contributed by atoms with E-state index < -0.39 is 5.54 Å². The summed E-state index contributed by atoms with van der Waals surface area (Å²) in [7, 11) is 0. The molecule has 3 nitrogen and oxygen atoms in total. The van der Waals surface area contributed by atoms with Gasteiger partial charge in [-0.1, -0.05) is 19.1 Å². The Bertz CT molecular complexity index is 536. The molecule has 7 heteroatoms. The van der Waals surface area contributed by atoms with E-state index in [1.54, 1.807) is 0 Å². The summed E-state index contributed by atoms with van der Waals surface area (Å²) in [6.07, 6.45) is 3.70. The second-order valence-corrected chi connectivity index (χ2v) is 9.51. The van der Waals surface area contributed by atoms with E-state index in [0.717, 1.165) is 33.3 Å². The van der Waals surface area contributed by atoms with E-state index in [0.29, 0.717) is 16.5 Å². The highest BCUT2D eigenvalue weighted by Gasteiger charge is 2.38. The van der Waals surface area contributed by atoms with E-state index in [1.165, 1.54) is 11.3 Å². The zero-order valence-electron chi connectivity index (χ0n) is 11.0. The highest BCUT2D eigenvalue weighted by molar-refractivity contribution is 9.12. The van der Waals surface area contributed by atoms with Gasteiger partial charge in [-0.05, 0) is 69.5 Å². The number of halogens is 2. The van der Waals surface area contributed by atoms with Crippen LogP contribution >= 0.6 is 55.4 Å². The number of hydrogen-bond acceptors (Lipinski definition) is 3. The standard InChI is InChI=1S/C13H16Br2N2OS2/c1-7-2-4-13(5-3-7,12(16)19)17-11(18)8-6-9(14)20-10(8)15/h6-7H,2-5H2,1H3,(H2,16,19)(H,17,18). The number of hydrogen-bond donors (Lipinski definition) is 2. The third kappa shape index (κ3) is 3.43. The van der Waals surface area contributed by atoms with Gasteiger partial charge < -0.3 is 11.1 Å². The van der Waals surface area contributed by atoms with Crippen LogP contribution in [0.3, 0.4) is 0 Å². The first kappa shape index (κ1) is 16.4. The first-order valence-corrected chi connectivity index (χ1v) is 9.22. The smallest absolute Gasteiger partial charge is 0.254 e. The minimum Gasteiger partial charge on any atom is -0.391 e. The van der Waals surface area contributed by atoms with Gasteiger partial charge in [0.1, 0.15) is 0 Å². The molecular formula is C13H16Br2N2OS2. The molecule has 2 rings (SSSR count). The molecule has 3 N–H and O–H groups in total. The molecule has 1 saturated carbocycles. The van der Waals surface area contributed by atoms with E-state index in [4.69, 9.17) is 18.0 Å². The topological polar surface area (TPSA) is 55.1 Å². The number of thiophene rings is 1. The zero-order chi connectivity index (χ0) is 14.9. The van der Waals surface area contributed by atoms with Crippen LogP contribution in [0.4, 0.5) is 0 Å². The number of nitrogens with one attached hydrogen (secondary N) is 1. The Balaban J connectivity index is 2.19. The third-order valence-corrected chi connectivity index (χ3v) is 6.58. The van der Waals surface area contributed by atoms with Crippen LogP contribution in [0.25, 0.3) is 0 Å². The minimum atomic E-state index is -0.535. The van der Waals surface area contributed by atoms with Crippen molar-refractivity contribution in [3.8, 4) is 0 Å². The maximum atomic E-state index is 12.5. The largest absolute Gasteiger partial charge is 0.391 e. The lowest BCUT2D eigenvalue weighted by Crippen LogP contribution is -2.58. The fourth-order valence-electron chi connectivity index (χ4n) is 2.47. The van der Waals surface area contributed by atoms with Gasteiger partial charge >= 0.3 is 0 Å². The van der Waals surface area contributed by atoms with Crippen molar-refractivity contribution >= 4 is 66.3 Å². The van der Waals surface area contributed by atoms with Crippen LogP contribution in [0, 0.1) is 5.92 Å². The fourth-order valence-corrected chi connectivity index (χ4v) is 5.52. The van der Waals surface area contributed by atoms with Crippen molar-refractivity contribution in [2.75, 3.05) is 0 Å². The van der Waals surface area contributed by atoms with Gasteiger partial charge in [-0.25, -0.2) is 0 Å². The summed E-state index contributed by atoms with van der Waals surface area (Å²) in [5.74, 6) is 0.539. The number of thiocarbonyl (C=S) groups is 1. The highest BCUT2D eigenvalue weighted by Crippen LogP contribution is 2.35. The molecule has 0 spiro atoms. The van der Waals surface area contributed by atoms with Crippen LogP contribution in [0.5, 0.6) is 0 Å². The van der Waals surface area contributed by atoms with Crippen molar-refractivity contribution in [2.24, 2.45) is 11.7 Å². The Hall–Kier alpha value is 0.0200. The zero-order valence-corrected chi connectivity index (χ0v) is 15.8. The molecule has 1 fully saturated rings. The Morgan fingerprint density at radius 1 is 1.50 bits per heavy atom. The van der Waals surface area contributed by atoms with Gasteiger partial charge in [0.15, 0.2) is 0 Å². The van der Waals surface area contributed by atoms with Gasteiger partial charge in [-0.3, -0.25) is 4.79 Å². The third-order valence-electron chi connectivity index (χ3n) is 3.85. The summed E-state index contributed by atoms with van der Waals surface area (Å²) in [6, 6.07) is 1.81. The van der Waals surface area contributed by atoms with Gasteiger partial charge in [0, 0.05) is 0 Å². The average Bonchev–Trinajstić information content (AvgIpc) is 2.71. The molecule has 1 aliphatic carbocycles. The molecule has 1 aliphatic rings. The first-order chi connectivity index (χ1) is 9.34. The van der Waals surface area contributed by atoms with Crippen LogP contribution in [-0.2, 0) is 0 Å². The van der Waals surface area contributed by atoms with E-state index in [-0.39, 0.29) is 5.91 Å². The van der Waals surface area contributed by atoms with E-state index in [9.17, 15) is 4.79 Å². The van der Waals surface area contributed by atoms with Crippen LogP contribution in [0.1, 0.15) is 43.0 Å².